The van der Waals surface area contributed by atoms with Crippen LogP contribution in [-0.4, -0.2) is 190 Å². The Hall–Kier alpha value is -9.16. The maximum absolute atomic E-state index is 13.1. The van der Waals surface area contributed by atoms with Gasteiger partial charge in [-0.15, -0.1) is 0 Å². The van der Waals surface area contributed by atoms with E-state index in [4.69, 9.17) is 65.7 Å². The van der Waals surface area contributed by atoms with Crippen LogP contribution in [0.5, 0.6) is 11.8 Å². The SMILES string of the molecule is C.CCN(CC)CC.CN1CCN(CCc2ccc(NC(=O)c3ccc(N)c(N)c3)cc2)CC1.COc1ncccc1-c1ccc2nc(-c3nc4ccc(C(=O)Nc5ccc(CCN6CCN(C)CC6)cc5)cc4[nH]3)[nH]c2c1.COc1ncccc1-c1ccc2nc(C(Cl)(Cl)Cl)[nH]c2c1. The minimum Gasteiger partial charge on any atom is -0.481 e. The Morgan fingerprint density at radius 2 is 0.939 bits per heavy atom. The van der Waals surface area contributed by atoms with Crippen molar-refractivity contribution in [2.75, 3.05) is 135 Å². The van der Waals surface area contributed by atoms with Gasteiger partial charge in [0, 0.05) is 111 Å². The molecule has 24 heteroatoms. The summed E-state index contributed by atoms with van der Waals surface area (Å²) in [5.41, 5.74) is 25.9. The van der Waals surface area contributed by atoms with Crippen molar-refractivity contribution in [3.63, 3.8) is 0 Å². The fourth-order valence-electron chi connectivity index (χ4n) is 11.4. The number of methoxy groups -OCH3 is 2. The predicted octanol–water partition coefficient (Wildman–Crippen LogP) is 13.6. The Balaban J connectivity index is 0.000000177. The number of carbonyl (C=O) groups excluding carboxylic acids is 2. The molecule has 2 aliphatic rings. The van der Waals surface area contributed by atoms with Crippen molar-refractivity contribution in [3.05, 3.63) is 186 Å². The first-order valence-corrected chi connectivity index (χ1v) is 34.1. The molecule has 6 aromatic carbocycles. The summed E-state index contributed by atoms with van der Waals surface area (Å²) in [6.45, 7) is 21.3. The lowest BCUT2D eigenvalue weighted by Gasteiger charge is -2.32. The van der Waals surface area contributed by atoms with E-state index < -0.39 is 3.79 Å². The monoisotopic (exact) mass is 1400 g/mol. The second kappa shape index (κ2) is 35.1. The number of anilines is 4. The molecule has 13 rings (SSSR count). The lowest BCUT2D eigenvalue weighted by Crippen LogP contribution is -2.45. The maximum atomic E-state index is 13.1. The number of nitrogens with two attached hydrogens (primary N) is 2. The van der Waals surface area contributed by atoms with E-state index in [0.29, 0.717) is 45.9 Å². The normalized spacial score (nSPS) is 13.7. The molecule has 0 bridgehead atoms. The van der Waals surface area contributed by atoms with Gasteiger partial charge in [-0.1, -0.05) is 99.4 Å². The highest BCUT2D eigenvalue weighted by atomic mass is 35.6. The van der Waals surface area contributed by atoms with Crippen LogP contribution in [0.2, 0.25) is 0 Å². The number of hydrogen-bond donors (Lipinski definition) is 7. The molecule has 2 fully saturated rings. The van der Waals surface area contributed by atoms with Gasteiger partial charge >= 0.3 is 0 Å². The quantitative estimate of drug-likeness (QED) is 0.0311. The number of H-pyrrole nitrogens is 3. The molecule has 99 heavy (non-hydrogen) atoms. The van der Waals surface area contributed by atoms with Gasteiger partial charge < -0.3 is 71.0 Å². The summed E-state index contributed by atoms with van der Waals surface area (Å²) in [6.07, 6.45) is 5.41. The van der Waals surface area contributed by atoms with Crippen molar-refractivity contribution in [1.29, 1.82) is 0 Å². The number of carbonyl (C=O) groups is 2. The lowest BCUT2D eigenvalue weighted by molar-refractivity contribution is 0.101. The van der Waals surface area contributed by atoms with Crippen molar-refractivity contribution in [2.45, 2.75) is 44.8 Å². The standard InChI is InChI=1S/C34H34N8O2.C20H27N5O.C14H10Cl3N3O.C6H15N.CH4/c1-41-16-18-42(19-17-41)15-13-22-5-9-25(10-6-22)36-33(43)24-8-12-28-30(21-24)40-32(38-28)31-37-27-11-7-23(20-29(27)39-31)26-4-3-14-35-34(26)44-2;1-24-10-12-25(13-11-24)9-8-15-2-5-17(6-3-15)23-20(26)16-4-7-18(21)19(22)14-16;1-21-12-9(3-2-6-18-12)8-4-5-10-11(7-8)20-13(19-10)14(15,16)17;1-4-7(5-2)6-3;/h3-12,14,20-21H,13,15-19H2,1-2H3,(H,36,43)(H,37,39)(H,38,40);2-7,14H,8-13,21-22H2,1H3,(H,23,26);2-7H,1H3,(H,19,20);4-6H2,1-3H3;1H4. The average Bonchev–Trinajstić information content (AvgIpc) is 1.46. The van der Waals surface area contributed by atoms with Crippen LogP contribution in [0.1, 0.15) is 65.9 Å². The molecule has 2 saturated heterocycles. The summed E-state index contributed by atoms with van der Waals surface area (Å²) >= 11 is 17.5. The van der Waals surface area contributed by atoms with Gasteiger partial charge in [-0.3, -0.25) is 9.59 Å². The highest BCUT2D eigenvalue weighted by Crippen LogP contribution is 2.38. The molecule has 0 spiro atoms. The van der Waals surface area contributed by atoms with Crippen LogP contribution in [0, 0.1) is 0 Å². The molecule has 0 radical (unpaired) electrons. The molecule has 7 heterocycles. The molecule has 520 valence electrons. The second-order valence-corrected chi connectivity index (χ2v) is 26.4. The highest BCUT2D eigenvalue weighted by molar-refractivity contribution is 6.66. The zero-order valence-corrected chi connectivity index (χ0v) is 58.8. The number of amides is 2. The molecule has 2 amide bonds. The number of nitrogens with one attached hydrogen (secondary N) is 5. The lowest BCUT2D eigenvalue weighted by atomic mass is 10.1. The molecule has 0 atom stereocenters. The van der Waals surface area contributed by atoms with Gasteiger partial charge in [-0.2, -0.15) is 0 Å². The first-order valence-electron chi connectivity index (χ1n) is 32.9. The summed E-state index contributed by atoms with van der Waals surface area (Å²) in [7, 11) is 7.54. The third-order valence-electron chi connectivity index (χ3n) is 17.5. The van der Waals surface area contributed by atoms with E-state index in [1.807, 2.05) is 97.1 Å². The van der Waals surface area contributed by atoms with Gasteiger partial charge in [0.25, 0.3) is 11.8 Å². The molecule has 21 nitrogen and oxygen atoms in total. The van der Waals surface area contributed by atoms with Gasteiger partial charge in [0.15, 0.2) is 17.5 Å². The molecule has 0 saturated carbocycles. The van der Waals surface area contributed by atoms with E-state index >= 15 is 0 Å². The molecule has 9 N–H and O–H groups in total. The van der Waals surface area contributed by atoms with E-state index in [0.717, 1.165) is 145 Å². The van der Waals surface area contributed by atoms with E-state index in [9.17, 15) is 9.59 Å². The average molecular weight is 1400 g/mol. The smallest absolute Gasteiger partial charge is 0.255 e. The predicted molar refractivity (Wildman–Crippen MR) is 406 cm³/mol. The number of rotatable bonds is 18. The molecule has 2 aliphatic heterocycles. The largest absolute Gasteiger partial charge is 0.481 e. The number of benzene rings is 6. The van der Waals surface area contributed by atoms with Gasteiger partial charge in [0.05, 0.1) is 58.7 Å². The number of likely N-dealkylation sites (N-methyl/N-ethyl adjacent to an activating group) is 2. The number of aromatic amines is 3. The van der Waals surface area contributed by atoms with Crippen molar-refractivity contribution in [1.82, 2.24) is 64.4 Å². The number of hydrogen-bond acceptors (Lipinski definition) is 16. The van der Waals surface area contributed by atoms with Crippen molar-refractivity contribution < 1.29 is 19.1 Å². The van der Waals surface area contributed by atoms with Crippen molar-refractivity contribution in [3.8, 4) is 45.7 Å². The Morgan fingerprint density at radius 3 is 1.36 bits per heavy atom. The number of nitrogens with zero attached hydrogens (tertiary/aromatic N) is 10. The molecule has 0 unspecified atom stereocenters. The third-order valence-corrected chi connectivity index (χ3v) is 18.0. The van der Waals surface area contributed by atoms with Crippen LogP contribution in [0.15, 0.2) is 158 Å². The number of pyridine rings is 2. The van der Waals surface area contributed by atoms with E-state index in [2.05, 4.69) is 124 Å². The van der Waals surface area contributed by atoms with Crippen LogP contribution < -0.4 is 31.6 Å². The summed E-state index contributed by atoms with van der Waals surface area (Å²) < 4.78 is 9.12. The number of piperazine rings is 2. The fraction of sp³-hybridized carbons (Fsp3) is 0.320. The molecule has 0 aliphatic carbocycles. The zero-order chi connectivity index (χ0) is 69.3. The fourth-order valence-corrected chi connectivity index (χ4v) is 11.7. The van der Waals surface area contributed by atoms with Gasteiger partial charge in [0.1, 0.15) is 0 Å². The number of aromatic nitrogens is 8. The minimum absolute atomic E-state index is 0. The second-order valence-electron chi connectivity index (χ2n) is 24.1. The molecule has 11 aromatic rings. The third kappa shape index (κ3) is 20.0. The highest BCUT2D eigenvalue weighted by Gasteiger charge is 2.27. The first-order chi connectivity index (χ1) is 47.4. The number of imidazole rings is 3. The van der Waals surface area contributed by atoms with Crippen molar-refractivity contribution >= 4 is 102 Å². The number of ether oxygens (including phenoxy) is 2. The van der Waals surface area contributed by atoms with Crippen molar-refractivity contribution in [2.24, 2.45) is 0 Å². The van der Waals surface area contributed by atoms with Gasteiger partial charge in [-0.05, 0) is 178 Å². The molecular weight excluding hydrogens is 1310 g/mol. The summed E-state index contributed by atoms with van der Waals surface area (Å²) in [6, 6.07) is 45.9. The van der Waals surface area contributed by atoms with Crippen LogP contribution >= 0.6 is 34.8 Å². The topological polar surface area (TPSA) is 257 Å². The first kappa shape index (κ1) is 74.1. The Morgan fingerprint density at radius 1 is 0.525 bits per heavy atom. The number of nitrogen functional groups attached to an aromatic ring is 2. The Labute approximate surface area is 594 Å². The van der Waals surface area contributed by atoms with Crippen LogP contribution in [-0.2, 0) is 16.6 Å². The number of fused-ring (bicyclic) bond motifs is 3. The number of alkyl halides is 3. The van der Waals surface area contributed by atoms with Crippen LogP contribution in [0.3, 0.4) is 0 Å². The summed E-state index contributed by atoms with van der Waals surface area (Å²) in [4.78, 5) is 69.5. The van der Waals surface area contributed by atoms with E-state index in [-0.39, 0.29) is 25.1 Å². The Bertz CT molecular complexity index is 4420. The van der Waals surface area contributed by atoms with E-state index in [1.165, 1.54) is 30.8 Å². The molecule has 5 aromatic heterocycles. The van der Waals surface area contributed by atoms with Gasteiger partial charge in [-0.25, -0.2) is 24.9 Å². The maximum Gasteiger partial charge on any atom is 0.255 e. The number of halogens is 3. The van der Waals surface area contributed by atoms with E-state index in [1.54, 1.807) is 50.9 Å². The Kier molecular flexibility index (Phi) is 26.2. The molecular formula is C75H90Cl3N17O4. The summed E-state index contributed by atoms with van der Waals surface area (Å²) in [5.74, 6) is 2.26. The summed E-state index contributed by atoms with van der Waals surface area (Å²) in [5, 5.41) is 5.91. The van der Waals surface area contributed by atoms with Crippen LogP contribution in [0.4, 0.5) is 22.7 Å². The minimum atomic E-state index is -1.58. The van der Waals surface area contributed by atoms with Crippen LogP contribution in [0.25, 0.3) is 67.0 Å². The zero-order valence-electron chi connectivity index (χ0n) is 56.5. The van der Waals surface area contributed by atoms with Gasteiger partial charge in [0.2, 0.25) is 15.6 Å².